The van der Waals surface area contributed by atoms with Gasteiger partial charge >= 0.3 is 0 Å². The van der Waals surface area contributed by atoms with Crippen LogP contribution in [0.15, 0.2) is 24.7 Å². The number of halogens is 1. The van der Waals surface area contributed by atoms with Crippen LogP contribution in [-0.2, 0) is 0 Å². The van der Waals surface area contributed by atoms with Crippen LogP contribution in [0.3, 0.4) is 0 Å². The Morgan fingerprint density at radius 2 is 2.09 bits per heavy atom. The summed E-state index contributed by atoms with van der Waals surface area (Å²) in [5, 5.41) is 0. The molecule has 2 aromatic rings. The molecule has 0 aromatic carbocycles. The van der Waals surface area contributed by atoms with Gasteiger partial charge in [0.25, 0.3) is 5.91 Å². The highest BCUT2D eigenvalue weighted by Gasteiger charge is 2.26. The van der Waals surface area contributed by atoms with Gasteiger partial charge in [-0.05, 0) is 54.5 Å². The van der Waals surface area contributed by atoms with Crippen LogP contribution in [-0.4, -0.2) is 45.5 Å². The molecule has 0 N–H and O–H groups in total. The number of piperidine rings is 1. The van der Waals surface area contributed by atoms with Crippen LogP contribution in [0.5, 0.6) is 5.75 Å². The average Bonchev–Trinajstić information content (AvgIpc) is 3.00. The van der Waals surface area contributed by atoms with Crippen LogP contribution < -0.4 is 4.74 Å². The molecule has 6 nitrogen and oxygen atoms in total. The van der Waals surface area contributed by atoms with Gasteiger partial charge in [-0.15, -0.1) is 0 Å². The second-order valence-corrected chi connectivity index (χ2v) is 6.68. The van der Waals surface area contributed by atoms with E-state index in [4.69, 9.17) is 4.74 Å². The smallest absolute Gasteiger partial charge is 0.272 e. The van der Waals surface area contributed by atoms with Crippen LogP contribution in [0.4, 0.5) is 0 Å². The SMILES string of the molecule is COc1ccc(C(=O)N2CCC(n3cncc3C)CC2)nc1I. The average molecular weight is 426 g/mol. The number of amides is 1. The number of carbonyl (C=O) groups excluding carboxylic acids is 1. The molecule has 7 heteroatoms. The molecule has 0 unspecified atom stereocenters. The quantitative estimate of drug-likeness (QED) is 0.560. The summed E-state index contributed by atoms with van der Waals surface area (Å²) in [6, 6.07) is 3.95. The third-order valence-corrected chi connectivity index (χ3v) is 5.03. The van der Waals surface area contributed by atoms with E-state index in [-0.39, 0.29) is 5.91 Å². The summed E-state index contributed by atoms with van der Waals surface area (Å²) in [5.74, 6) is 0.683. The first-order valence-electron chi connectivity index (χ1n) is 7.58. The summed E-state index contributed by atoms with van der Waals surface area (Å²) in [6.07, 6.45) is 5.64. The molecule has 1 aliphatic heterocycles. The summed E-state index contributed by atoms with van der Waals surface area (Å²) in [6.45, 7) is 3.55. The van der Waals surface area contributed by atoms with E-state index in [9.17, 15) is 4.79 Å². The number of rotatable bonds is 3. The minimum Gasteiger partial charge on any atom is -0.494 e. The minimum absolute atomic E-state index is 0.00799. The number of aryl methyl sites for hydroxylation is 1. The molecule has 1 amide bonds. The van der Waals surface area contributed by atoms with Crippen LogP contribution in [0, 0.1) is 10.6 Å². The molecule has 122 valence electrons. The number of hydrogen-bond donors (Lipinski definition) is 0. The number of likely N-dealkylation sites (tertiary alicyclic amines) is 1. The third kappa shape index (κ3) is 3.34. The molecule has 1 saturated heterocycles. The van der Waals surface area contributed by atoms with Crippen molar-refractivity contribution in [2.24, 2.45) is 0 Å². The van der Waals surface area contributed by atoms with Crippen LogP contribution in [0.2, 0.25) is 0 Å². The second-order valence-electron chi connectivity index (χ2n) is 5.66. The molecule has 0 radical (unpaired) electrons. The molecule has 23 heavy (non-hydrogen) atoms. The summed E-state index contributed by atoms with van der Waals surface area (Å²) in [7, 11) is 1.60. The predicted molar refractivity (Wildman–Crippen MR) is 94.6 cm³/mol. The molecule has 0 bridgehead atoms. The van der Waals surface area contributed by atoms with E-state index in [1.54, 1.807) is 19.2 Å². The topological polar surface area (TPSA) is 60.2 Å². The van der Waals surface area contributed by atoms with E-state index in [2.05, 4.69) is 44.0 Å². The van der Waals surface area contributed by atoms with E-state index in [0.29, 0.717) is 21.2 Å². The van der Waals surface area contributed by atoms with Crippen molar-refractivity contribution in [1.29, 1.82) is 0 Å². The van der Waals surface area contributed by atoms with Crippen molar-refractivity contribution in [3.8, 4) is 5.75 Å². The third-order valence-electron chi connectivity index (χ3n) is 4.26. The molecule has 3 rings (SSSR count). The fourth-order valence-electron chi connectivity index (χ4n) is 2.96. The number of nitrogens with zero attached hydrogens (tertiary/aromatic N) is 4. The number of hydrogen-bond acceptors (Lipinski definition) is 4. The number of pyridine rings is 1. The molecule has 0 aliphatic carbocycles. The van der Waals surface area contributed by atoms with Crippen LogP contribution in [0.25, 0.3) is 0 Å². The Hall–Kier alpha value is -1.64. The van der Waals surface area contributed by atoms with Gasteiger partial charge in [-0.2, -0.15) is 0 Å². The van der Waals surface area contributed by atoms with Crippen LogP contribution in [0.1, 0.15) is 35.1 Å². The number of ether oxygens (including phenoxy) is 1. The summed E-state index contributed by atoms with van der Waals surface area (Å²) >= 11 is 2.09. The second kappa shape index (κ2) is 6.86. The van der Waals surface area contributed by atoms with Crippen molar-refractivity contribution in [3.05, 3.63) is 39.7 Å². The Morgan fingerprint density at radius 1 is 1.35 bits per heavy atom. The lowest BCUT2D eigenvalue weighted by molar-refractivity contribution is 0.0688. The lowest BCUT2D eigenvalue weighted by Gasteiger charge is -2.33. The van der Waals surface area contributed by atoms with Crippen molar-refractivity contribution in [2.45, 2.75) is 25.8 Å². The summed E-state index contributed by atoms with van der Waals surface area (Å²) in [4.78, 5) is 23.0. The maximum absolute atomic E-state index is 12.6. The zero-order valence-corrected chi connectivity index (χ0v) is 15.4. The highest BCUT2D eigenvalue weighted by Crippen LogP contribution is 2.25. The van der Waals surface area contributed by atoms with Crippen molar-refractivity contribution < 1.29 is 9.53 Å². The molecule has 3 heterocycles. The fourth-order valence-corrected chi connectivity index (χ4v) is 3.61. The maximum Gasteiger partial charge on any atom is 0.272 e. The van der Waals surface area contributed by atoms with Crippen molar-refractivity contribution in [2.75, 3.05) is 20.2 Å². The highest BCUT2D eigenvalue weighted by molar-refractivity contribution is 14.1. The number of imidazole rings is 1. The zero-order chi connectivity index (χ0) is 16.4. The van der Waals surface area contributed by atoms with Crippen molar-refractivity contribution >= 4 is 28.5 Å². The first kappa shape index (κ1) is 16.2. The van der Waals surface area contributed by atoms with Crippen molar-refractivity contribution in [3.63, 3.8) is 0 Å². The van der Waals surface area contributed by atoms with Gasteiger partial charge in [-0.25, -0.2) is 9.97 Å². The molecular formula is C16H19IN4O2. The first-order valence-corrected chi connectivity index (χ1v) is 8.66. The van der Waals surface area contributed by atoms with Gasteiger partial charge < -0.3 is 14.2 Å². The number of aromatic nitrogens is 3. The van der Waals surface area contributed by atoms with Gasteiger partial charge in [0.05, 0.1) is 13.4 Å². The molecular weight excluding hydrogens is 407 g/mol. The van der Waals surface area contributed by atoms with Gasteiger partial charge in [-0.3, -0.25) is 4.79 Å². The summed E-state index contributed by atoms with van der Waals surface area (Å²) < 4.78 is 8.10. The van der Waals surface area contributed by atoms with Crippen LogP contribution >= 0.6 is 22.6 Å². The Balaban J connectivity index is 1.66. The van der Waals surface area contributed by atoms with E-state index in [0.717, 1.165) is 25.9 Å². The largest absolute Gasteiger partial charge is 0.494 e. The Bertz CT molecular complexity index is 708. The Kier molecular flexibility index (Phi) is 4.84. The van der Waals surface area contributed by atoms with E-state index in [1.165, 1.54) is 5.69 Å². The minimum atomic E-state index is -0.00799. The van der Waals surface area contributed by atoms with Crippen molar-refractivity contribution in [1.82, 2.24) is 19.4 Å². The molecule has 2 aromatic heterocycles. The van der Waals surface area contributed by atoms with Gasteiger partial charge in [-0.1, -0.05) is 0 Å². The number of carbonyl (C=O) groups is 1. The number of methoxy groups -OCH3 is 1. The highest BCUT2D eigenvalue weighted by atomic mass is 127. The maximum atomic E-state index is 12.6. The normalized spacial score (nSPS) is 15.7. The molecule has 1 fully saturated rings. The lowest BCUT2D eigenvalue weighted by atomic mass is 10.0. The van der Waals surface area contributed by atoms with E-state index < -0.39 is 0 Å². The molecule has 1 aliphatic rings. The monoisotopic (exact) mass is 426 g/mol. The van der Waals surface area contributed by atoms with Gasteiger partial charge in [0.1, 0.15) is 9.39 Å². The van der Waals surface area contributed by atoms with E-state index in [1.807, 2.05) is 17.4 Å². The fraction of sp³-hybridized carbons (Fsp3) is 0.438. The van der Waals surface area contributed by atoms with Gasteiger partial charge in [0.2, 0.25) is 0 Å². The molecule has 0 atom stereocenters. The van der Waals surface area contributed by atoms with Gasteiger partial charge in [0, 0.05) is 31.0 Å². The lowest BCUT2D eigenvalue weighted by Crippen LogP contribution is -2.39. The Labute approximate surface area is 149 Å². The molecule has 0 spiro atoms. The zero-order valence-electron chi connectivity index (χ0n) is 13.2. The van der Waals surface area contributed by atoms with E-state index >= 15 is 0 Å². The molecule has 0 saturated carbocycles. The standard InChI is InChI=1S/C16H19IN4O2/c1-11-9-18-10-21(11)12-5-7-20(8-6-12)16(22)13-3-4-14(23-2)15(17)19-13/h3-4,9-10,12H,5-8H2,1-2H3. The first-order chi connectivity index (χ1) is 11.1. The predicted octanol–water partition coefficient (Wildman–Crippen LogP) is 2.68. The Morgan fingerprint density at radius 3 is 2.65 bits per heavy atom. The summed E-state index contributed by atoms with van der Waals surface area (Å²) in [5.41, 5.74) is 1.65. The van der Waals surface area contributed by atoms with Gasteiger partial charge in [0.15, 0.2) is 5.75 Å².